The molecule has 3 atom stereocenters. The Morgan fingerprint density at radius 2 is 1.83 bits per heavy atom. The van der Waals surface area contributed by atoms with E-state index in [2.05, 4.69) is 43.3 Å². The van der Waals surface area contributed by atoms with E-state index >= 15 is 0 Å². The lowest BCUT2D eigenvalue weighted by Crippen LogP contribution is -2.25. The Balaban J connectivity index is 0.00000169. The fourth-order valence-corrected chi connectivity index (χ4v) is 4.12. The van der Waals surface area contributed by atoms with Gasteiger partial charge in [-0.3, -0.25) is 0 Å². The van der Waals surface area contributed by atoms with E-state index in [0.29, 0.717) is 5.92 Å². The molecule has 0 saturated carbocycles. The summed E-state index contributed by atoms with van der Waals surface area (Å²) in [5.41, 5.74) is 4.95. The van der Waals surface area contributed by atoms with Crippen LogP contribution in [0.15, 0.2) is 42.5 Å². The number of likely N-dealkylation sites (N-methyl/N-ethyl adjacent to an activating group) is 1. The molecule has 128 valence electrons. The Labute approximate surface area is 149 Å². The molecule has 0 amide bonds. The first-order valence-electron chi connectivity index (χ1n) is 8.28. The zero-order chi connectivity index (χ0) is 16.0. The van der Waals surface area contributed by atoms with Crippen molar-refractivity contribution < 1.29 is 9.13 Å². The van der Waals surface area contributed by atoms with E-state index in [1.807, 2.05) is 6.07 Å². The number of hydrogen-bond acceptors (Lipinski definition) is 2. The van der Waals surface area contributed by atoms with Crippen LogP contribution < -0.4 is 0 Å². The smallest absolute Gasteiger partial charge is 0.123 e. The molecule has 0 N–H and O–H groups in total. The van der Waals surface area contributed by atoms with Crippen molar-refractivity contribution in [1.29, 1.82) is 0 Å². The maximum Gasteiger partial charge on any atom is 0.123 e. The van der Waals surface area contributed by atoms with Crippen molar-refractivity contribution in [2.24, 2.45) is 0 Å². The lowest BCUT2D eigenvalue weighted by Gasteiger charge is -2.20. The Kier molecular flexibility index (Phi) is 4.95. The van der Waals surface area contributed by atoms with E-state index in [0.717, 1.165) is 24.9 Å². The molecule has 2 nitrogen and oxygen atoms in total. The summed E-state index contributed by atoms with van der Waals surface area (Å²) in [5.74, 6) is 0.146. The Bertz CT molecular complexity index is 733. The van der Waals surface area contributed by atoms with Crippen molar-refractivity contribution in [1.82, 2.24) is 4.90 Å². The zero-order valence-corrected chi connectivity index (χ0v) is 14.9. The monoisotopic (exact) mass is 347 g/mol. The normalized spacial score (nSPS) is 24.6. The Hall–Kier alpha value is -1.42. The number of halogens is 2. The summed E-state index contributed by atoms with van der Waals surface area (Å²) >= 11 is 0. The van der Waals surface area contributed by atoms with Crippen LogP contribution in [-0.2, 0) is 11.2 Å². The maximum absolute atomic E-state index is 13.9. The van der Waals surface area contributed by atoms with Gasteiger partial charge in [0.1, 0.15) is 5.82 Å². The van der Waals surface area contributed by atoms with Crippen LogP contribution in [0.25, 0.3) is 0 Å². The Morgan fingerprint density at radius 1 is 1.08 bits per heavy atom. The van der Waals surface area contributed by atoms with Crippen molar-refractivity contribution in [2.45, 2.75) is 31.0 Å². The highest BCUT2D eigenvalue weighted by Crippen LogP contribution is 2.49. The van der Waals surface area contributed by atoms with Crippen LogP contribution in [-0.4, -0.2) is 31.6 Å². The third-order valence-corrected chi connectivity index (χ3v) is 5.04. The van der Waals surface area contributed by atoms with Gasteiger partial charge in [-0.15, -0.1) is 12.4 Å². The van der Waals surface area contributed by atoms with E-state index in [4.69, 9.17) is 4.74 Å². The molecule has 0 radical (unpaired) electrons. The minimum Gasteiger partial charge on any atom is -0.368 e. The number of nitrogens with zero attached hydrogens (tertiary/aromatic N) is 1. The number of benzene rings is 2. The highest BCUT2D eigenvalue weighted by molar-refractivity contribution is 5.85. The highest BCUT2D eigenvalue weighted by Gasteiger charge is 2.40. The van der Waals surface area contributed by atoms with Crippen LogP contribution >= 0.6 is 12.4 Å². The summed E-state index contributed by atoms with van der Waals surface area (Å²) in [4.78, 5) is 2.16. The summed E-state index contributed by atoms with van der Waals surface area (Å²) < 4.78 is 20.2. The van der Waals surface area contributed by atoms with Gasteiger partial charge in [-0.05, 0) is 61.3 Å². The number of rotatable bonds is 2. The fourth-order valence-electron chi connectivity index (χ4n) is 4.12. The van der Waals surface area contributed by atoms with Gasteiger partial charge < -0.3 is 9.64 Å². The SMILES string of the molecule is CN(C)C[C@@H]1C[C@@H]2c3ccccc3Cc3ccc(F)cc3[C@H]2O1.Cl. The highest BCUT2D eigenvalue weighted by atomic mass is 35.5. The second-order valence-corrected chi connectivity index (χ2v) is 7.00. The minimum atomic E-state index is -0.173. The molecular formula is C20H23ClFNO. The van der Waals surface area contributed by atoms with E-state index in [9.17, 15) is 4.39 Å². The molecule has 1 aliphatic heterocycles. The second kappa shape index (κ2) is 6.83. The number of fused-ring (bicyclic) bond motifs is 5. The van der Waals surface area contributed by atoms with Crippen LogP contribution in [0.4, 0.5) is 4.39 Å². The molecule has 1 heterocycles. The first kappa shape index (κ1) is 17.4. The summed E-state index contributed by atoms with van der Waals surface area (Å²) in [7, 11) is 4.14. The average molecular weight is 348 g/mol. The quantitative estimate of drug-likeness (QED) is 0.801. The molecule has 1 fully saturated rings. The molecule has 1 aliphatic carbocycles. The minimum absolute atomic E-state index is 0. The van der Waals surface area contributed by atoms with Gasteiger partial charge in [0, 0.05) is 12.5 Å². The molecule has 4 heteroatoms. The van der Waals surface area contributed by atoms with Gasteiger partial charge in [0.2, 0.25) is 0 Å². The van der Waals surface area contributed by atoms with Gasteiger partial charge in [0.05, 0.1) is 12.2 Å². The molecular weight excluding hydrogens is 325 g/mol. The third-order valence-electron chi connectivity index (χ3n) is 5.04. The van der Waals surface area contributed by atoms with Crippen molar-refractivity contribution in [3.05, 3.63) is 70.5 Å². The standard InChI is InChI=1S/C20H22FNO.ClH/c1-22(2)12-16-11-19-17-6-4-3-5-13(17)9-14-7-8-15(21)10-18(14)20(19)23-16;/h3-8,10,16,19-20H,9,11-12H2,1-2H3;1H/t16-,19+,20+;/m0./s1. The van der Waals surface area contributed by atoms with Crippen LogP contribution in [0, 0.1) is 5.82 Å². The predicted octanol–water partition coefficient (Wildman–Crippen LogP) is 4.33. The van der Waals surface area contributed by atoms with Crippen LogP contribution in [0.2, 0.25) is 0 Å². The molecule has 2 aliphatic rings. The van der Waals surface area contributed by atoms with Crippen LogP contribution in [0.3, 0.4) is 0 Å². The second-order valence-electron chi connectivity index (χ2n) is 7.00. The predicted molar refractivity (Wildman–Crippen MR) is 96.4 cm³/mol. The maximum atomic E-state index is 13.9. The summed E-state index contributed by atoms with van der Waals surface area (Å²) in [5, 5.41) is 0. The molecule has 2 aromatic carbocycles. The molecule has 24 heavy (non-hydrogen) atoms. The number of ether oxygens (including phenoxy) is 1. The van der Waals surface area contributed by atoms with Gasteiger partial charge in [0.15, 0.2) is 0 Å². The van der Waals surface area contributed by atoms with Crippen LogP contribution in [0.1, 0.15) is 40.7 Å². The van der Waals surface area contributed by atoms with Gasteiger partial charge in [-0.1, -0.05) is 30.3 Å². The largest absolute Gasteiger partial charge is 0.368 e. The number of hydrogen-bond donors (Lipinski definition) is 0. The van der Waals surface area contributed by atoms with Crippen molar-refractivity contribution in [2.75, 3.05) is 20.6 Å². The van der Waals surface area contributed by atoms with E-state index < -0.39 is 0 Å². The third kappa shape index (κ3) is 3.08. The van der Waals surface area contributed by atoms with Gasteiger partial charge in [0.25, 0.3) is 0 Å². The molecule has 0 bridgehead atoms. The summed E-state index contributed by atoms with van der Waals surface area (Å²) in [6.45, 7) is 0.903. The molecule has 4 rings (SSSR count). The Morgan fingerprint density at radius 3 is 2.62 bits per heavy atom. The topological polar surface area (TPSA) is 12.5 Å². The van der Waals surface area contributed by atoms with E-state index in [1.165, 1.54) is 16.7 Å². The molecule has 0 spiro atoms. The molecule has 1 saturated heterocycles. The lowest BCUT2D eigenvalue weighted by atomic mass is 9.87. The summed E-state index contributed by atoms with van der Waals surface area (Å²) in [6, 6.07) is 13.8. The van der Waals surface area contributed by atoms with Crippen molar-refractivity contribution >= 4 is 12.4 Å². The average Bonchev–Trinajstić information content (AvgIpc) is 2.87. The van der Waals surface area contributed by atoms with E-state index in [1.54, 1.807) is 12.1 Å². The summed E-state index contributed by atoms with van der Waals surface area (Å²) in [6.07, 6.45) is 2.02. The first-order chi connectivity index (χ1) is 11.1. The molecule has 0 aromatic heterocycles. The van der Waals surface area contributed by atoms with E-state index in [-0.39, 0.29) is 30.4 Å². The van der Waals surface area contributed by atoms with Gasteiger partial charge >= 0.3 is 0 Å². The van der Waals surface area contributed by atoms with Crippen molar-refractivity contribution in [3.8, 4) is 0 Å². The van der Waals surface area contributed by atoms with Crippen LogP contribution in [0.5, 0.6) is 0 Å². The van der Waals surface area contributed by atoms with Crippen molar-refractivity contribution in [3.63, 3.8) is 0 Å². The van der Waals surface area contributed by atoms with Gasteiger partial charge in [-0.2, -0.15) is 0 Å². The van der Waals surface area contributed by atoms with Gasteiger partial charge in [-0.25, -0.2) is 4.39 Å². The fraction of sp³-hybridized carbons (Fsp3) is 0.400. The zero-order valence-electron chi connectivity index (χ0n) is 14.0. The molecule has 0 unspecified atom stereocenters. The first-order valence-corrected chi connectivity index (χ1v) is 8.28. The lowest BCUT2D eigenvalue weighted by molar-refractivity contribution is 0.0270. The molecule has 2 aromatic rings.